The van der Waals surface area contributed by atoms with E-state index in [4.69, 9.17) is 0 Å². The first-order valence-corrected chi connectivity index (χ1v) is 9.18. The summed E-state index contributed by atoms with van der Waals surface area (Å²) in [6.07, 6.45) is 0.149. The van der Waals surface area contributed by atoms with Gasteiger partial charge in [0, 0.05) is 15.5 Å². The molecule has 4 rings (SSSR count). The van der Waals surface area contributed by atoms with Crippen molar-refractivity contribution in [3.05, 3.63) is 53.1 Å². The highest BCUT2D eigenvalue weighted by molar-refractivity contribution is 7.25. The SMILES string of the molecule is CC1CC=C(c2ccc3c(c2)sc2c(F)c(C(F)(F)F)c(F)cc23)CC1. The topological polar surface area (TPSA) is 0 Å². The van der Waals surface area contributed by atoms with Crippen molar-refractivity contribution in [2.45, 2.75) is 32.4 Å². The molecule has 1 aliphatic rings. The Morgan fingerprint density at radius 2 is 1.85 bits per heavy atom. The molecule has 0 nitrogen and oxygen atoms in total. The molecule has 0 bridgehead atoms. The largest absolute Gasteiger partial charge is 0.422 e. The first-order chi connectivity index (χ1) is 12.3. The first kappa shape index (κ1) is 17.5. The summed E-state index contributed by atoms with van der Waals surface area (Å²) in [6, 6.07) is 6.28. The number of thiophene rings is 1. The average Bonchev–Trinajstić information content (AvgIpc) is 2.92. The predicted octanol–water partition coefficient (Wildman–Crippen LogP) is 7.55. The van der Waals surface area contributed by atoms with Crippen molar-refractivity contribution in [2.75, 3.05) is 0 Å². The lowest BCUT2D eigenvalue weighted by Gasteiger charge is -2.18. The van der Waals surface area contributed by atoms with Crippen LogP contribution in [-0.4, -0.2) is 0 Å². The summed E-state index contributed by atoms with van der Waals surface area (Å²) in [5, 5.41) is 0.760. The standard InChI is InChI=1S/C20H15F5S/c1-10-2-4-11(5-3-10)12-6-7-13-14-9-15(21)17(20(23,24)25)18(22)19(14)26-16(13)8-12/h4,6-10H,2-3,5H2,1H3. The highest BCUT2D eigenvalue weighted by Gasteiger charge is 2.39. The summed E-state index contributed by atoms with van der Waals surface area (Å²) in [5.74, 6) is -2.46. The zero-order valence-electron chi connectivity index (χ0n) is 13.9. The summed E-state index contributed by atoms with van der Waals surface area (Å²) < 4.78 is 67.7. The lowest BCUT2D eigenvalue weighted by Crippen LogP contribution is -2.11. The molecule has 0 fully saturated rings. The van der Waals surface area contributed by atoms with Gasteiger partial charge in [0.1, 0.15) is 11.4 Å². The second kappa shape index (κ2) is 6.05. The fraction of sp³-hybridized carbons (Fsp3) is 0.300. The van der Waals surface area contributed by atoms with Gasteiger partial charge in [-0.05, 0) is 48.4 Å². The predicted molar refractivity (Wildman–Crippen MR) is 95.2 cm³/mol. The van der Waals surface area contributed by atoms with E-state index in [1.165, 1.54) is 5.57 Å². The molecule has 26 heavy (non-hydrogen) atoms. The zero-order valence-corrected chi connectivity index (χ0v) is 14.7. The number of hydrogen-bond donors (Lipinski definition) is 0. The van der Waals surface area contributed by atoms with Crippen LogP contribution in [0.2, 0.25) is 0 Å². The molecule has 0 radical (unpaired) electrons. The van der Waals surface area contributed by atoms with Crippen molar-refractivity contribution in [1.82, 2.24) is 0 Å². The molecule has 1 aliphatic carbocycles. The Morgan fingerprint density at radius 3 is 2.50 bits per heavy atom. The minimum Gasteiger partial charge on any atom is -0.206 e. The zero-order chi connectivity index (χ0) is 18.6. The maximum atomic E-state index is 14.4. The van der Waals surface area contributed by atoms with Crippen LogP contribution in [0.4, 0.5) is 22.0 Å². The van der Waals surface area contributed by atoms with Crippen LogP contribution in [0, 0.1) is 17.6 Å². The van der Waals surface area contributed by atoms with Crippen molar-refractivity contribution < 1.29 is 22.0 Å². The molecule has 6 heteroatoms. The average molecular weight is 382 g/mol. The molecule has 0 saturated heterocycles. The van der Waals surface area contributed by atoms with E-state index in [2.05, 4.69) is 13.0 Å². The van der Waals surface area contributed by atoms with Crippen LogP contribution in [0.1, 0.15) is 37.3 Å². The van der Waals surface area contributed by atoms with Crippen molar-refractivity contribution >= 4 is 37.1 Å². The number of halogens is 5. The minimum absolute atomic E-state index is 0.155. The molecular formula is C20H15F5S. The summed E-state index contributed by atoms with van der Waals surface area (Å²) in [7, 11) is 0. The van der Waals surface area contributed by atoms with Crippen LogP contribution < -0.4 is 0 Å². The summed E-state index contributed by atoms with van der Waals surface area (Å²) in [5.41, 5.74) is 0.374. The molecule has 0 N–H and O–H groups in total. The van der Waals surface area contributed by atoms with E-state index in [1.807, 2.05) is 12.1 Å². The summed E-state index contributed by atoms with van der Waals surface area (Å²) in [6.45, 7) is 2.19. The van der Waals surface area contributed by atoms with Gasteiger partial charge in [0.15, 0.2) is 5.82 Å². The Morgan fingerprint density at radius 1 is 1.08 bits per heavy atom. The molecule has 0 aliphatic heterocycles. The van der Waals surface area contributed by atoms with Gasteiger partial charge in [0.05, 0.1) is 4.70 Å². The van der Waals surface area contributed by atoms with E-state index in [-0.39, 0.29) is 10.1 Å². The van der Waals surface area contributed by atoms with Crippen LogP contribution in [0.3, 0.4) is 0 Å². The molecule has 3 aromatic rings. The van der Waals surface area contributed by atoms with Gasteiger partial charge in [-0.15, -0.1) is 11.3 Å². The van der Waals surface area contributed by atoms with Crippen LogP contribution in [0.5, 0.6) is 0 Å². The van der Waals surface area contributed by atoms with E-state index in [0.29, 0.717) is 16.0 Å². The third kappa shape index (κ3) is 2.80. The van der Waals surface area contributed by atoms with Gasteiger partial charge >= 0.3 is 6.18 Å². The second-order valence-corrected chi connectivity index (χ2v) is 7.90. The lowest BCUT2D eigenvalue weighted by atomic mass is 9.87. The molecule has 1 aromatic heterocycles. The van der Waals surface area contributed by atoms with E-state index >= 15 is 0 Å². The monoisotopic (exact) mass is 382 g/mol. The van der Waals surface area contributed by atoms with Gasteiger partial charge in [0.2, 0.25) is 0 Å². The summed E-state index contributed by atoms with van der Waals surface area (Å²) in [4.78, 5) is 0. The van der Waals surface area contributed by atoms with Gasteiger partial charge in [-0.25, -0.2) is 8.78 Å². The maximum Gasteiger partial charge on any atom is 0.422 e. The maximum absolute atomic E-state index is 14.4. The minimum atomic E-state index is -5.06. The van der Waals surface area contributed by atoms with E-state index in [0.717, 1.165) is 42.2 Å². The Bertz CT molecular complexity index is 1040. The van der Waals surface area contributed by atoms with Crippen LogP contribution in [0.25, 0.3) is 25.7 Å². The van der Waals surface area contributed by atoms with Crippen molar-refractivity contribution in [3.8, 4) is 0 Å². The Labute approximate surface area is 150 Å². The number of hydrogen-bond acceptors (Lipinski definition) is 1. The van der Waals surface area contributed by atoms with Gasteiger partial charge < -0.3 is 0 Å². The number of allylic oxidation sites excluding steroid dienone is 2. The molecule has 1 unspecified atom stereocenters. The molecule has 0 saturated carbocycles. The van der Waals surface area contributed by atoms with E-state index < -0.39 is 23.4 Å². The highest BCUT2D eigenvalue weighted by atomic mass is 32.1. The smallest absolute Gasteiger partial charge is 0.206 e. The first-order valence-electron chi connectivity index (χ1n) is 8.36. The number of fused-ring (bicyclic) bond motifs is 3. The highest BCUT2D eigenvalue weighted by Crippen LogP contribution is 2.43. The van der Waals surface area contributed by atoms with Gasteiger partial charge in [0.25, 0.3) is 0 Å². The van der Waals surface area contributed by atoms with Crippen LogP contribution in [0.15, 0.2) is 30.3 Å². The van der Waals surface area contributed by atoms with Gasteiger partial charge in [-0.2, -0.15) is 13.2 Å². The van der Waals surface area contributed by atoms with Gasteiger partial charge in [-0.1, -0.05) is 25.1 Å². The third-order valence-electron chi connectivity index (χ3n) is 4.98. The molecule has 2 aromatic carbocycles. The van der Waals surface area contributed by atoms with Gasteiger partial charge in [-0.3, -0.25) is 0 Å². The molecule has 136 valence electrons. The van der Waals surface area contributed by atoms with Crippen molar-refractivity contribution in [1.29, 1.82) is 0 Å². The fourth-order valence-electron chi connectivity index (χ4n) is 3.53. The molecule has 1 heterocycles. The molecule has 1 atom stereocenters. The fourth-order valence-corrected chi connectivity index (χ4v) is 4.69. The quantitative estimate of drug-likeness (QED) is 0.381. The van der Waals surface area contributed by atoms with E-state index in [9.17, 15) is 22.0 Å². The molecule has 0 spiro atoms. The summed E-state index contributed by atoms with van der Waals surface area (Å²) >= 11 is 0.937. The molecule has 0 amide bonds. The number of rotatable bonds is 1. The number of alkyl halides is 3. The second-order valence-electron chi connectivity index (χ2n) is 6.84. The van der Waals surface area contributed by atoms with Crippen molar-refractivity contribution in [2.24, 2.45) is 5.92 Å². The van der Waals surface area contributed by atoms with Crippen LogP contribution >= 0.6 is 11.3 Å². The lowest BCUT2D eigenvalue weighted by molar-refractivity contribution is -0.142. The normalized spacial score (nSPS) is 18.5. The van der Waals surface area contributed by atoms with E-state index in [1.54, 1.807) is 6.07 Å². The number of benzene rings is 2. The Hall–Kier alpha value is -1.95. The molecular weight excluding hydrogens is 367 g/mol. The van der Waals surface area contributed by atoms with Crippen molar-refractivity contribution in [3.63, 3.8) is 0 Å². The van der Waals surface area contributed by atoms with Crippen LogP contribution in [-0.2, 0) is 6.18 Å². The Kier molecular flexibility index (Phi) is 4.06. The Balaban J connectivity index is 1.90. The third-order valence-corrected chi connectivity index (χ3v) is 6.15.